The van der Waals surface area contributed by atoms with E-state index in [-0.39, 0.29) is 0 Å². The van der Waals surface area contributed by atoms with E-state index in [1.807, 2.05) is 6.92 Å². The van der Waals surface area contributed by atoms with Gasteiger partial charge in [0.25, 0.3) is 0 Å². The summed E-state index contributed by atoms with van der Waals surface area (Å²) in [5.41, 5.74) is 4.48. The molecule has 0 aliphatic heterocycles. The number of alkyl halides is 1. The van der Waals surface area contributed by atoms with Gasteiger partial charge in [0, 0.05) is 5.88 Å². The lowest BCUT2D eigenvalue weighted by Gasteiger charge is -2.32. The number of halogens is 1. The molecular weight excluding hydrogens is 166 g/mol. The number of nitrogens with two attached hydrogens (primary N) is 1. The fourth-order valence-electron chi connectivity index (χ4n) is 0.772. The molecule has 0 saturated heterocycles. The topological polar surface area (TPSA) is 63.3 Å². The van der Waals surface area contributed by atoms with E-state index in [9.17, 15) is 4.79 Å². The summed E-state index contributed by atoms with van der Waals surface area (Å²) < 4.78 is 0. The van der Waals surface area contributed by atoms with Crippen LogP contribution in [0.3, 0.4) is 0 Å². The minimum Gasteiger partial charge on any atom is -0.480 e. The van der Waals surface area contributed by atoms with Gasteiger partial charge in [-0.15, -0.1) is 11.6 Å². The Morgan fingerprint density at radius 2 is 2.09 bits per heavy atom. The van der Waals surface area contributed by atoms with Crippen LogP contribution in [-0.4, -0.2) is 22.5 Å². The van der Waals surface area contributed by atoms with Gasteiger partial charge in [0.15, 0.2) is 0 Å². The molecule has 1 saturated carbocycles. The van der Waals surface area contributed by atoms with Crippen LogP contribution in [0.15, 0.2) is 0 Å². The van der Waals surface area contributed by atoms with Crippen molar-refractivity contribution in [2.75, 3.05) is 5.88 Å². The first-order valence-electron chi connectivity index (χ1n) is 3.65. The second kappa shape index (κ2) is 4.57. The van der Waals surface area contributed by atoms with E-state index in [1.54, 1.807) is 0 Å². The Labute approximate surface area is 71.5 Å². The largest absolute Gasteiger partial charge is 0.480 e. The molecule has 1 fully saturated rings. The number of carboxylic acid groups (broad SMARTS) is 1. The molecule has 1 aliphatic rings. The Balaban J connectivity index is 0.000000292. The van der Waals surface area contributed by atoms with Gasteiger partial charge in [-0.3, -0.25) is 4.79 Å². The van der Waals surface area contributed by atoms with Gasteiger partial charge in [-0.1, -0.05) is 6.92 Å². The molecule has 4 heteroatoms. The minimum atomic E-state index is -0.861. The Bertz CT molecular complexity index is 134. The highest BCUT2D eigenvalue weighted by Crippen LogP contribution is 2.28. The van der Waals surface area contributed by atoms with Crippen LogP contribution >= 0.6 is 11.6 Å². The number of hydrogen-bond acceptors (Lipinski definition) is 2. The molecule has 0 heterocycles. The maximum Gasteiger partial charge on any atom is 0.323 e. The van der Waals surface area contributed by atoms with Crippen molar-refractivity contribution >= 4 is 17.6 Å². The maximum atomic E-state index is 10.2. The van der Waals surface area contributed by atoms with Crippen molar-refractivity contribution in [1.29, 1.82) is 0 Å². The molecule has 0 aromatic carbocycles. The first-order valence-corrected chi connectivity index (χ1v) is 4.18. The third-order valence-electron chi connectivity index (χ3n) is 1.67. The van der Waals surface area contributed by atoms with E-state index in [0.29, 0.717) is 12.8 Å². The van der Waals surface area contributed by atoms with Crippen molar-refractivity contribution in [3.63, 3.8) is 0 Å². The molecule has 0 unspecified atom stereocenters. The molecule has 0 radical (unpaired) electrons. The summed E-state index contributed by atoms with van der Waals surface area (Å²) >= 11 is 5.00. The Morgan fingerprint density at radius 1 is 1.73 bits per heavy atom. The number of rotatable bonds is 1. The summed E-state index contributed by atoms with van der Waals surface area (Å²) in [6.07, 6.45) is 2.24. The van der Waals surface area contributed by atoms with Crippen LogP contribution in [0.2, 0.25) is 0 Å². The van der Waals surface area contributed by atoms with Gasteiger partial charge >= 0.3 is 5.97 Å². The lowest BCUT2D eigenvalue weighted by atomic mass is 9.78. The monoisotopic (exact) mass is 179 g/mol. The second-order valence-corrected chi connectivity index (χ2v) is 3.12. The number of hydrogen-bond donors (Lipinski definition) is 2. The molecule has 3 N–H and O–H groups in total. The minimum absolute atomic E-state index is 0.641. The van der Waals surface area contributed by atoms with Gasteiger partial charge in [-0.25, -0.2) is 0 Å². The lowest BCUT2D eigenvalue weighted by Crippen LogP contribution is -2.53. The zero-order chi connectivity index (χ0) is 8.91. The Morgan fingerprint density at radius 3 is 2.09 bits per heavy atom. The van der Waals surface area contributed by atoms with Gasteiger partial charge in [0.05, 0.1) is 0 Å². The summed E-state index contributed by atoms with van der Waals surface area (Å²) in [6.45, 7) is 1.89. The molecule has 0 bridgehead atoms. The smallest absolute Gasteiger partial charge is 0.323 e. The zero-order valence-electron chi connectivity index (χ0n) is 6.64. The van der Waals surface area contributed by atoms with Crippen molar-refractivity contribution in [3.05, 3.63) is 0 Å². The SMILES string of the molecule is CCCl.NC1(C(=O)O)CCC1. The second-order valence-electron chi connectivity index (χ2n) is 2.58. The molecule has 0 aromatic heterocycles. The zero-order valence-corrected chi connectivity index (χ0v) is 7.40. The van der Waals surface area contributed by atoms with Gasteiger partial charge < -0.3 is 10.8 Å². The highest BCUT2D eigenvalue weighted by atomic mass is 35.5. The molecule has 0 aromatic rings. The van der Waals surface area contributed by atoms with E-state index in [1.165, 1.54) is 0 Å². The molecule has 1 aliphatic carbocycles. The van der Waals surface area contributed by atoms with Crippen molar-refractivity contribution in [2.24, 2.45) is 5.73 Å². The van der Waals surface area contributed by atoms with Crippen LogP contribution < -0.4 is 5.73 Å². The first-order chi connectivity index (χ1) is 5.06. The summed E-state index contributed by atoms with van der Waals surface area (Å²) in [4.78, 5) is 10.2. The molecule has 0 amide bonds. The molecule has 66 valence electrons. The Kier molecular flexibility index (Phi) is 4.45. The van der Waals surface area contributed by atoms with Crippen LogP contribution in [-0.2, 0) is 4.79 Å². The molecule has 0 atom stereocenters. The van der Waals surface area contributed by atoms with E-state index >= 15 is 0 Å². The third-order valence-corrected chi connectivity index (χ3v) is 1.67. The summed E-state index contributed by atoms with van der Waals surface area (Å²) in [7, 11) is 0. The Hall–Kier alpha value is -0.280. The molecule has 1 rings (SSSR count). The summed E-state index contributed by atoms with van der Waals surface area (Å²) in [6, 6.07) is 0. The molecule has 3 nitrogen and oxygen atoms in total. The van der Waals surface area contributed by atoms with Crippen LogP contribution in [0.5, 0.6) is 0 Å². The van der Waals surface area contributed by atoms with Crippen LogP contribution in [0, 0.1) is 0 Å². The molecule has 11 heavy (non-hydrogen) atoms. The van der Waals surface area contributed by atoms with Crippen LogP contribution in [0.25, 0.3) is 0 Å². The quantitative estimate of drug-likeness (QED) is 0.595. The third kappa shape index (κ3) is 3.08. The van der Waals surface area contributed by atoms with E-state index in [2.05, 4.69) is 0 Å². The van der Waals surface area contributed by atoms with E-state index in [4.69, 9.17) is 22.4 Å². The standard InChI is InChI=1S/C5H9NO2.C2H5Cl/c6-5(4(7)8)2-1-3-5;1-2-3/h1-3,6H2,(H,7,8);2H2,1H3. The first kappa shape index (κ1) is 10.7. The van der Waals surface area contributed by atoms with E-state index in [0.717, 1.165) is 12.3 Å². The van der Waals surface area contributed by atoms with Crippen molar-refractivity contribution in [1.82, 2.24) is 0 Å². The van der Waals surface area contributed by atoms with Gasteiger partial charge in [-0.05, 0) is 19.3 Å². The number of carbonyl (C=O) groups is 1. The highest BCUT2D eigenvalue weighted by molar-refractivity contribution is 6.17. The predicted molar refractivity (Wildman–Crippen MR) is 44.8 cm³/mol. The van der Waals surface area contributed by atoms with Gasteiger partial charge in [0.1, 0.15) is 5.54 Å². The number of aliphatic carboxylic acids is 1. The number of carboxylic acids is 1. The van der Waals surface area contributed by atoms with Crippen molar-refractivity contribution < 1.29 is 9.90 Å². The maximum absolute atomic E-state index is 10.2. The van der Waals surface area contributed by atoms with Gasteiger partial charge in [0.2, 0.25) is 0 Å². The molecular formula is C7H14ClNO2. The van der Waals surface area contributed by atoms with Crippen molar-refractivity contribution in [2.45, 2.75) is 31.7 Å². The van der Waals surface area contributed by atoms with E-state index < -0.39 is 11.5 Å². The van der Waals surface area contributed by atoms with Gasteiger partial charge in [-0.2, -0.15) is 0 Å². The average molecular weight is 180 g/mol. The van der Waals surface area contributed by atoms with Crippen LogP contribution in [0.1, 0.15) is 26.2 Å². The fourth-order valence-corrected chi connectivity index (χ4v) is 0.772. The van der Waals surface area contributed by atoms with Crippen molar-refractivity contribution in [3.8, 4) is 0 Å². The fraction of sp³-hybridized carbons (Fsp3) is 0.857. The molecule has 0 spiro atoms. The van der Waals surface area contributed by atoms with Crippen LogP contribution in [0.4, 0.5) is 0 Å². The predicted octanol–water partition coefficient (Wildman–Crippen LogP) is 1.20. The summed E-state index contributed by atoms with van der Waals surface area (Å²) in [5.74, 6) is -0.135. The normalized spacial score (nSPS) is 19.2. The average Bonchev–Trinajstić information content (AvgIpc) is 1.84. The lowest BCUT2D eigenvalue weighted by molar-refractivity contribution is -0.146. The summed E-state index contributed by atoms with van der Waals surface area (Å²) in [5, 5.41) is 8.37. The highest BCUT2D eigenvalue weighted by Gasteiger charge is 2.39.